The molecule has 1 aromatic heterocycles. The van der Waals surface area contributed by atoms with E-state index in [1.165, 1.54) is 10.9 Å². The second-order valence-corrected chi connectivity index (χ2v) is 12.0. The van der Waals surface area contributed by atoms with Gasteiger partial charge in [-0.25, -0.2) is 0 Å². The van der Waals surface area contributed by atoms with Gasteiger partial charge in [-0.15, -0.1) is 5.10 Å². The van der Waals surface area contributed by atoms with E-state index >= 15 is 0 Å². The molecule has 2 heterocycles. The SMILES string of the molecule is CC(C)(C)[Si](C)(C)OCCn1cc([N+](=O)[O-])c(OC2COC2)n1. The van der Waals surface area contributed by atoms with Crippen LogP contribution in [0.5, 0.6) is 5.88 Å². The number of hydrogen-bond donors (Lipinski definition) is 0. The van der Waals surface area contributed by atoms with Crippen LogP contribution in [0.25, 0.3) is 0 Å². The largest absolute Gasteiger partial charge is 0.464 e. The van der Waals surface area contributed by atoms with E-state index in [4.69, 9.17) is 13.9 Å². The van der Waals surface area contributed by atoms with Crippen LogP contribution >= 0.6 is 0 Å². The molecule has 0 N–H and O–H groups in total. The summed E-state index contributed by atoms with van der Waals surface area (Å²) >= 11 is 0. The van der Waals surface area contributed by atoms with Crippen LogP contribution in [-0.4, -0.2) is 48.9 Å². The summed E-state index contributed by atoms with van der Waals surface area (Å²) in [6.45, 7) is 12.7. The van der Waals surface area contributed by atoms with E-state index in [1.807, 2.05) is 0 Å². The Kier molecular flexibility index (Phi) is 5.12. The summed E-state index contributed by atoms with van der Waals surface area (Å²) in [5.41, 5.74) is -0.121. The van der Waals surface area contributed by atoms with Crippen LogP contribution in [0.4, 0.5) is 5.69 Å². The molecule has 0 unspecified atom stereocenters. The van der Waals surface area contributed by atoms with Crippen molar-refractivity contribution in [1.82, 2.24) is 9.78 Å². The molecule has 9 heteroatoms. The highest BCUT2D eigenvalue weighted by Gasteiger charge is 2.37. The third-order valence-electron chi connectivity index (χ3n) is 4.38. The first-order valence-electron chi connectivity index (χ1n) is 7.70. The minimum atomic E-state index is -1.83. The second kappa shape index (κ2) is 6.58. The maximum atomic E-state index is 11.1. The number of rotatable bonds is 7. The van der Waals surface area contributed by atoms with E-state index in [9.17, 15) is 10.1 Å². The molecule has 1 aliphatic rings. The van der Waals surface area contributed by atoms with E-state index < -0.39 is 13.2 Å². The summed E-state index contributed by atoms with van der Waals surface area (Å²) in [5, 5.41) is 15.4. The molecule has 130 valence electrons. The van der Waals surface area contributed by atoms with Crippen molar-refractivity contribution < 1.29 is 18.8 Å². The van der Waals surface area contributed by atoms with Crippen molar-refractivity contribution in [3.63, 3.8) is 0 Å². The summed E-state index contributed by atoms with van der Waals surface area (Å²) in [5.74, 6) is 0.0515. The van der Waals surface area contributed by atoms with Crippen molar-refractivity contribution >= 4 is 14.0 Å². The zero-order valence-electron chi connectivity index (χ0n) is 14.4. The normalized spacial score (nSPS) is 16.2. The van der Waals surface area contributed by atoms with Crippen molar-refractivity contribution in [1.29, 1.82) is 0 Å². The average molecular weight is 343 g/mol. The molecule has 0 aliphatic carbocycles. The van der Waals surface area contributed by atoms with Gasteiger partial charge in [0.25, 0.3) is 0 Å². The van der Waals surface area contributed by atoms with Gasteiger partial charge in [0.05, 0.1) is 31.3 Å². The fraction of sp³-hybridized carbons (Fsp3) is 0.786. The monoisotopic (exact) mass is 343 g/mol. The molecule has 0 spiro atoms. The first-order chi connectivity index (χ1) is 10.6. The predicted molar refractivity (Wildman–Crippen MR) is 87.3 cm³/mol. The molecular weight excluding hydrogens is 318 g/mol. The molecule has 0 atom stereocenters. The molecule has 0 amide bonds. The minimum Gasteiger partial charge on any atom is -0.464 e. The molecule has 2 rings (SSSR count). The number of aromatic nitrogens is 2. The van der Waals surface area contributed by atoms with Gasteiger partial charge in [-0.1, -0.05) is 20.8 Å². The van der Waals surface area contributed by atoms with E-state index in [1.54, 1.807) is 0 Å². The number of hydrogen-bond acceptors (Lipinski definition) is 6. The maximum absolute atomic E-state index is 11.1. The standard InChI is InChI=1S/C14H25N3O5Si/c1-14(2,3)23(4,5)21-7-6-16-8-12(17(18)19)13(15-16)22-11-9-20-10-11/h8,11H,6-7,9-10H2,1-5H3. The van der Waals surface area contributed by atoms with E-state index in [0.29, 0.717) is 26.4 Å². The topological polar surface area (TPSA) is 88.7 Å². The van der Waals surface area contributed by atoms with Crippen LogP contribution < -0.4 is 4.74 Å². The summed E-state index contributed by atoms with van der Waals surface area (Å²) in [7, 11) is -1.83. The summed E-state index contributed by atoms with van der Waals surface area (Å²) < 4.78 is 18.1. The molecule has 23 heavy (non-hydrogen) atoms. The molecule has 0 saturated carbocycles. The Morgan fingerprint density at radius 2 is 2.13 bits per heavy atom. The van der Waals surface area contributed by atoms with Crippen LogP contribution in [0.2, 0.25) is 18.1 Å². The van der Waals surface area contributed by atoms with Gasteiger partial charge in [0, 0.05) is 0 Å². The van der Waals surface area contributed by atoms with Gasteiger partial charge in [0.1, 0.15) is 12.3 Å². The van der Waals surface area contributed by atoms with Crippen molar-refractivity contribution in [2.75, 3.05) is 19.8 Å². The lowest BCUT2D eigenvalue weighted by Gasteiger charge is -2.36. The highest BCUT2D eigenvalue weighted by molar-refractivity contribution is 6.74. The zero-order valence-corrected chi connectivity index (χ0v) is 15.4. The third kappa shape index (κ3) is 4.30. The third-order valence-corrected chi connectivity index (χ3v) is 8.92. The van der Waals surface area contributed by atoms with Crippen molar-refractivity contribution in [3.8, 4) is 5.88 Å². The molecule has 8 nitrogen and oxygen atoms in total. The first-order valence-corrected chi connectivity index (χ1v) is 10.6. The van der Waals surface area contributed by atoms with Crippen LogP contribution in [0.1, 0.15) is 20.8 Å². The zero-order chi connectivity index (χ0) is 17.3. The Balaban J connectivity index is 1.97. The molecule has 1 fully saturated rings. The maximum Gasteiger partial charge on any atom is 0.350 e. The van der Waals surface area contributed by atoms with Crippen LogP contribution in [0, 0.1) is 10.1 Å². The lowest BCUT2D eigenvalue weighted by Crippen LogP contribution is -2.41. The minimum absolute atomic E-state index is 0.0515. The van der Waals surface area contributed by atoms with Gasteiger partial charge in [0.15, 0.2) is 8.32 Å². The lowest BCUT2D eigenvalue weighted by molar-refractivity contribution is -0.386. The quantitative estimate of drug-likeness (QED) is 0.429. The summed E-state index contributed by atoms with van der Waals surface area (Å²) in [6.07, 6.45) is 1.24. The Bertz CT molecular complexity index is 563. The summed E-state index contributed by atoms with van der Waals surface area (Å²) in [6, 6.07) is 0. The molecular formula is C14H25N3O5Si. The van der Waals surface area contributed by atoms with Gasteiger partial charge in [0.2, 0.25) is 0 Å². The van der Waals surface area contributed by atoms with Crippen LogP contribution in [0.15, 0.2) is 6.20 Å². The van der Waals surface area contributed by atoms with Crippen molar-refractivity contribution in [3.05, 3.63) is 16.3 Å². The Morgan fingerprint density at radius 1 is 1.48 bits per heavy atom. The van der Waals surface area contributed by atoms with Gasteiger partial charge in [-0.2, -0.15) is 0 Å². The molecule has 1 aromatic rings. The molecule has 0 radical (unpaired) electrons. The Morgan fingerprint density at radius 3 is 2.61 bits per heavy atom. The van der Waals surface area contributed by atoms with E-state index in [0.717, 1.165) is 0 Å². The fourth-order valence-corrected chi connectivity index (χ4v) is 2.80. The van der Waals surface area contributed by atoms with Crippen LogP contribution in [0.3, 0.4) is 0 Å². The van der Waals surface area contributed by atoms with E-state index in [2.05, 4.69) is 39.0 Å². The van der Waals surface area contributed by atoms with E-state index in [-0.39, 0.29) is 22.7 Å². The highest BCUT2D eigenvalue weighted by atomic mass is 28.4. The number of nitro groups is 1. The summed E-state index contributed by atoms with van der Waals surface area (Å²) in [4.78, 5) is 10.6. The Hall–Kier alpha value is -1.45. The van der Waals surface area contributed by atoms with Gasteiger partial charge < -0.3 is 13.9 Å². The molecule has 0 bridgehead atoms. The van der Waals surface area contributed by atoms with Gasteiger partial charge >= 0.3 is 11.6 Å². The second-order valence-electron chi connectivity index (χ2n) is 7.23. The molecule has 1 saturated heterocycles. The average Bonchev–Trinajstić information content (AvgIpc) is 2.75. The number of ether oxygens (including phenoxy) is 2. The molecule has 0 aromatic carbocycles. The number of nitrogens with zero attached hydrogens (tertiary/aromatic N) is 3. The van der Waals surface area contributed by atoms with Crippen LogP contribution in [-0.2, 0) is 15.7 Å². The highest BCUT2D eigenvalue weighted by Crippen LogP contribution is 2.36. The Labute approximate surface area is 137 Å². The smallest absolute Gasteiger partial charge is 0.350 e. The first kappa shape index (κ1) is 17.9. The van der Waals surface area contributed by atoms with Gasteiger partial charge in [-0.05, 0) is 18.1 Å². The lowest BCUT2D eigenvalue weighted by atomic mass is 10.2. The van der Waals surface area contributed by atoms with Crippen molar-refractivity contribution in [2.45, 2.75) is 51.6 Å². The molecule has 1 aliphatic heterocycles. The predicted octanol–water partition coefficient (Wildman–Crippen LogP) is 2.59. The van der Waals surface area contributed by atoms with Gasteiger partial charge in [-0.3, -0.25) is 14.8 Å². The fourth-order valence-electron chi connectivity index (χ4n) is 1.77. The van der Waals surface area contributed by atoms with Crippen molar-refractivity contribution in [2.24, 2.45) is 0 Å².